The molecule has 2 N–H and O–H groups in total. The Morgan fingerprint density at radius 1 is 1.50 bits per heavy atom. The predicted molar refractivity (Wildman–Crippen MR) is 53.2 cm³/mol. The van der Waals surface area contributed by atoms with Crippen molar-refractivity contribution in [2.75, 3.05) is 18.8 Å². The number of aromatic hydroxyl groups is 1. The van der Waals surface area contributed by atoms with Gasteiger partial charge in [0.2, 0.25) is 0 Å². The van der Waals surface area contributed by atoms with E-state index >= 15 is 0 Å². The van der Waals surface area contributed by atoms with Crippen molar-refractivity contribution in [2.24, 2.45) is 0 Å². The fraction of sp³-hybridized carbons (Fsp3) is 0.250. The van der Waals surface area contributed by atoms with Crippen molar-refractivity contribution >= 4 is 15.9 Å². The van der Waals surface area contributed by atoms with Crippen molar-refractivity contribution in [3.05, 3.63) is 24.3 Å². The number of anilines is 1. The molecule has 1 aromatic carbocycles. The lowest BCUT2D eigenvalue weighted by molar-refractivity contribution is 0.475. The molecule has 0 aromatic heterocycles. The number of nitrogens with one attached hydrogen (secondary N) is 1. The van der Waals surface area contributed by atoms with E-state index < -0.39 is 10.2 Å². The van der Waals surface area contributed by atoms with Gasteiger partial charge in [0.05, 0.1) is 5.69 Å². The minimum Gasteiger partial charge on any atom is -0.505 e. The summed E-state index contributed by atoms with van der Waals surface area (Å²) in [4.78, 5) is 0. The SMILES string of the molecule is CN(C)S(=O)(=O)Nc1ccc[c]c1O. The summed E-state index contributed by atoms with van der Waals surface area (Å²) >= 11 is 0. The van der Waals surface area contributed by atoms with Crippen molar-refractivity contribution < 1.29 is 13.5 Å². The lowest BCUT2D eigenvalue weighted by Gasteiger charge is -2.13. The molecular weight excluding hydrogens is 204 g/mol. The number of hydrogen-bond donors (Lipinski definition) is 2. The van der Waals surface area contributed by atoms with Crippen LogP contribution in [0, 0.1) is 6.07 Å². The van der Waals surface area contributed by atoms with Crippen LogP contribution in [-0.4, -0.2) is 31.9 Å². The van der Waals surface area contributed by atoms with Gasteiger partial charge in [-0.3, -0.25) is 4.72 Å². The van der Waals surface area contributed by atoms with Gasteiger partial charge in [-0.25, -0.2) is 0 Å². The van der Waals surface area contributed by atoms with E-state index in [4.69, 9.17) is 0 Å². The maximum Gasteiger partial charge on any atom is 0.301 e. The first-order valence-corrected chi connectivity index (χ1v) is 5.27. The molecule has 0 fully saturated rings. The third-order valence-electron chi connectivity index (χ3n) is 1.55. The number of hydrogen-bond acceptors (Lipinski definition) is 3. The Kier molecular flexibility index (Phi) is 2.97. The highest BCUT2D eigenvalue weighted by Crippen LogP contribution is 2.22. The first kappa shape index (κ1) is 10.8. The number of phenolic OH excluding ortho intramolecular Hbond substituents is 1. The minimum atomic E-state index is -3.57. The normalized spacial score (nSPS) is 11.6. The van der Waals surface area contributed by atoms with Crippen LogP contribution in [0.2, 0.25) is 0 Å². The molecule has 0 aliphatic rings. The Labute approximate surface area is 83.2 Å². The number of nitrogens with zero attached hydrogens (tertiary/aromatic N) is 1. The summed E-state index contributed by atoms with van der Waals surface area (Å²) in [6.07, 6.45) is 0. The van der Waals surface area contributed by atoms with E-state index in [1.165, 1.54) is 26.2 Å². The van der Waals surface area contributed by atoms with Gasteiger partial charge in [0.15, 0.2) is 0 Å². The highest BCUT2D eigenvalue weighted by atomic mass is 32.2. The molecular formula is C8H11N2O3S. The summed E-state index contributed by atoms with van der Waals surface area (Å²) in [6.45, 7) is 0. The van der Waals surface area contributed by atoms with Gasteiger partial charge in [-0.1, -0.05) is 12.1 Å². The summed E-state index contributed by atoms with van der Waals surface area (Å²) in [5.41, 5.74) is 0.112. The minimum absolute atomic E-state index is 0.112. The summed E-state index contributed by atoms with van der Waals surface area (Å²) in [7, 11) is -0.781. The van der Waals surface area contributed by atoms with E-state index in [-0.39, 0.29) is 11.4 Å². The monoisotopic (exact) mass is 215 g/mol. The molecule has 0 unspecified atom stereocenters. The van der Waals surface area contributed by atoms with E-state index in [1.54, 1.807) is 6.07 Å². The molecule has 0 saturated carbocycles. The highest BCUT2D eigenvalue weighted by Gasteiger charge is 2.14. The van der Waals surface area contributed by atoms with Gasteiger partial charge in [-0.2, -0.15) is 12.7 Å². The summed E-state index contributed by atoms with van der Waals surface area (Å²) < 4.78 is 25.9. The molecule has 1 rings (SSSR count). The lowest BCUT2D eigenvalue weighted by Crippen LogP contribution is -2.28. The molecule has 0 saturated heterocycles. The van der Waals surface area contributed by atoms with Gasteiger partial charge in [0, 0.05) is 20.2 Å². The molecule has 0 heterocycles. The van der Waals surface area contributed by atoms with Crippen molar-refractivity contribution in [3.63, 3.8) is 0 Å². The zero-order valence-electron chi connectivity index (χ0n) is 7.85. The average Bonchev–Trinajstić information content (AvgIpc) is 2.08. The van der Waals surface area contributed by atoms with Crippen LogP contribution in [0.1, 0.15) is 0 Å². The third-order valence-corrected chi connectivity index (χ3v) is 2.99. The zero-order valence-corrected chi connectivity index (χ0v) is 8.67. The summed E-state index contributed by atoms with van der Waals surface area (Å²) in [5.74, 6) is -0.224. The second-order valence-electron chi connectivity index (χ2n) is 2.82. The van der Waals surface area contributed by atoms with Gasteiger partial charge >= 0.3 is 10.2 Å². The Morgan fingerprint density at radius 3 is 2.64 bits per heavy atom. The molecule has 1 aromatic rings. The van der Waals surface area contributed by atoms with Crippen LogP contribution in [0.15, 0.2) is 18.2 Å². The standard InChI is InChI=1S/C8H11N2O3S/c1-10(2)14(12,13)9-7-5-3-4-6-8(7)11/h3-5,9,11H,1-2H3. The van der Waals surface area contributed by atoms with E-state index in [0.29, 0.717) is 0 Å². The number of rotatable bonds is 3. The second kappa shape index (κ2) is 3.85. The first-order valence-electron chi connectivity index (χ1n) is 3.83. The largest absolute Gasteiger partial charge is 0.505 e. The van der Waals surface area contributed by atoms with Gasteiger partial charge in [-0.15, -0.1) is 0 Å². The molecule has 0 spiro atoms. The van der Waals surface area contributed by atoms with Gasteiger partial charge in [0.25, 0.3) is 0 Å². The molecule has 0 aliphatic heterocycles. The average molecular weight is 215 g/mol. The number of para-hydroxylation sites is 1. The van der Waals surface area contributed by atoms with Crippen LogP contribution >= 0.6 is 0 Å². The first-order chi connectivity index (χ1) is 6.43. The van der Waals surface area contributed by atoms with Crippen LogP contribution in [0.3, 0.4) is 0 Å². The summed E-state index contributed by atoms with van der Waals surface area (Å²) in [6, 6.07) is 6.99. The highest BCUT2D eigenvalue weighted by molar-refractivity contribution is 7.90. The quantitative estimate of drug-likeness (QED) is 0.717. The Hall–Kier alpha value is -1.27. The number of benzene rings is 1. The van der Waals surface area contributed by atoms with Crippen LogP contribution in [-0.2, 0) is 10.2 Å². The van der Waals surface area contributed by atoms with E-state index in [9.17, 15) is 13.5 Å². The van der Waals surface area contributed by atoms with Gasteiger partial charge < -0.3 is 5.11 Å². The van der Waals surface area contributed by atoms with Gasteiger partial charge in [0.1, 0.15) is 5.75 Å². The fourth-order valence-corrected chi connectivity index (χ4v) is 1.37. The molecule has 1 radical (unpaired) electrons. The van der Waals surface area contributed by atoms with E-state index in [0.717, 1.165) is 4.31 Å². The van der Waals surface area contributed by atoms with E-state index in [1.807, 2.05) is 0 Å². The molecule has 6 heteroatoms. The Bertz CT molecular complexity index is 414. The Balaban J connectivity index is 2.96. The molecule has 0 aliphatic carbocycles. The van der Waals surface area contributed by atoms with Crippen molar-refractivity contribution in [2.45, 2.75) is 0 Å². The molecule has 0 bridgehead atoms. The maximum atomic E-state index is 11.3. The number of phenols is 1. The molecule has 5 nitrogen and oxygen atoms in total. The molecule has 14 heavy (non-hydrogen) atoms. The smallest absolute Gasteiger partial charge is 0.301 e. The van der Waals surface area contributed by atoms with Crippen molar-refractivity contribution in [1.82, 2.24) is 4.31 Å². The summed E-state index contributed by atoms with van der Waals surface area (Å²) in [5, 5.41) is 9.25. The van der Waals surface area contributed by atoms with Crippen LogP contribution < -0.4 is 4.72 Å². The van der Waals surface area contributed by atoms with E-state index in [2.05, 4.69) is 10.8 Å². The predicted octanol–water partition coefficient (Wildman–Crippen LogP) is 0.411. The van der Waals surface area contributed by atoms with Crippen molar-refractivity contribution in [1.29, 1.82) is 0 Å². The fourth-order valence-electron chi connectivity index (χ4n) is 0.741. The molecule has 0 amide bonds. The topological polar surface area (TPSA) is 69.6 Å². The maximum absolute atomic E-state index is 11.3. The van der Waals surface area contributed by atoms with Crippen molar-refractivity contribution in [3.8, 4) is 5.75 Å². The Morgan fingerprint density at radius 2 is 2.14 bits per heavy atom. The van der Waals surface area contributed by atoms with Crippen LogP contribution in [0.4, 0.5) is 5.69 Å². The van der Waals surface area contributed by atoms with Crippen LogP contribution in [0.5, 0.6) is 5.75 Å². The second-order valence-corrected chi connectivity index (χ2v) is 4.71. The lowest BCUT2D eigenvalue weighted by atomic mass is 10.3. The van der Waals surface area contributed by atoms with Gasteiger partial charge in [-0.05, 0) is 6.07 Å². The third kappa shape index (κ3) is 2.36. The zero-order chi connectivity index (χ0) is 10.8. The molecule has 77 valence electrons. The molecule has 0 atom stereocenters. The van der Waals surface area contributed by atoms with Crippen LogP contribution in [0.25, 0.3) is 0 Å².